The number of H-pyrrole nitrogens is 1. The summed E-state index contributed by atoms with van der Waals surface area (Å²) in [6.07, 6.45) is 5.59. The van der Waals surface area contributed by atoms with Crippen molar-refractivity contribution in [3.05, 3.63) is 70.3 Å². The summed E-state index contributed by atoms with van der Waals surface area (Å²) in [5, 5.41) is 3.02. The van der Waals surface area contributed by atoms with Crippen LogP contribution in [-0.2, 0) is 6.42 Å². The first-order valence-electron chi connectivity index (χ1n) is 6.98. The second-order valence-corrected chi connectivity index (χ2v) is 4.84. The summed E-state index contributed by atoms with van der Waals surface area (Å²) < 4.78 is 1.57. The van der Waals surface area contributed by atoms with Crippen molar-refractivity contribution in [2.45, 2.75) is 32.6 Å². The van der Waals surface area contributed by atoms with Crippen LogP contribution >= 0.6 is 0 Å². The highest BCUT2D eigenvalue weighted by molar-refractivity contribution is 5.31. The van der Waals surface area contributed by atoms with Crippen LogP contribution in [0.2, 0.25) is 0 Å². The third kappa shape index (κ3) is 3.19. The normalized spacial score (nSPS) is 10.2. The van der Waals surface area contributed by atoms with Crippen molar-refractivity contribution in [1.82, 2.24) is 9.78 Å². The van der Waals surface area contributed by atoms with Gasteiger partial charge in [-0.1, -0.05) is 38.1 Å². The summed E-state index contributed by atoms with van der Waals surface area (Å²) in [6, 6.07) is 9.57. The Hall–Kier alpha value is -2.25. The summed E-state index contributed by atoms with van der Waals surface area (Å²) in [4.78, 5) is 12.4. The molecule has 0 bridgehead atoms. The van der Waals surface area contributed by atoms with Gasteiger partial charge < -0.3 is 0 Å². The van der Waals surface area contributed by atoms with Crippen molar-refractivity contribution in [2.75, 3.05) is 0 Å². The molecule has 1 aromatic carbocycles. The number of unbranched alkanes of at least 4 members (excludes halogenated alkanes) is 1. The third-order valence-electron chi connectivity index (χ3n) is 3.35. The van der Waals surface area contributed by atoms with Gasteiger partial charge in [-0.15, -0.1) is 5.73 Å². The molecule has 0 radical (unpaired) electrons. The lowest BCUT2D eigenvalue weighted by Crippen LogP contribution is -2.17. The zero-order valence-corrected chi connectivity index (χ0v) is 11.9. The number of hydrogen-bond donors (Lipinski definition) is 1. The number of allylic oxidation sites excluding steroid dienone is 1. The molecule has 2 aromatic rings. The SMILES string of the molecule is C=C=C(CCCC)Cc1c[nH]n(-c2ccccc2)c1=O. The van der Waals surface area contributed by atoms with Crippen LogP contribution in [0.15, 0.2) is 59.2 Å². The van der Waals surface area contributed by atoms with E-state index in [-0.39, 0.29) is 5.56 Å². The number of rotatable bonds is 6. The van der Waals surface area contributed by atoms with Crippen LogP contribution in [0, 0.1) is 0 Å². The Morgan fingerprint density at radius 1 is 1.35 bits per heavy atom. The fourth-order valence-corrected chi connectivity index (χ4v) is 2.16. The van der Waals surface area contributed by atoms with Crippen molar-refractivity contribution < 1.29 is 0 Å². The van der Waals surface area contributed by atoms with Gasteiger partial charge in [0.15, 0.2) is 0 Å². The lowest BCUT2D eigenvalue weighted by atomic mass is 10.0. The number of benzene rings is 1. The zero-order valence-electron chi connectivity index (χ0n) is 11.9. The van der Waals surface area contributed by atoms with Crippen LogP contribution in [0.5, 0.6) is 0 Å². The van der Waals surface area contributed by atoms with Gasteiger partial charge in [-0.25, -0.2) is 4.68 Å². The van der Waals surface area contributed by atoms with Gasteiger partial charge in [0.2, 0.25) is 0 Å². The van der Waals surface area contributed by atoms with Crippen LogP contribution in [0.1, 0.15) is 31.7 Å². The molecule has 1 N–H and O–H groups in total. The number of hydrogen-bond acceptors (Lipinski definition) is 1. The molecule has 0 aliphatic rings. The van der Waals surface area contributed by atoms with Gasteiger partial charge in [-0.05, 0) is 30.5 Å². The van der Waals surface area contributed by atoms with E-state index in [0.717, 1.165) is 36.1 Å². The average Bonchev–Trinajstić information content (AvgIpc) is 2.85. The molecule has 0 spiro atoms. The van der Waals surface area contributed by atoms with E-state index < -0.39 is 0 Å². The molecule has 0 amide bonds. The molecule has 0 aliphatic heterocycles. The molecule has 1 aromatic heterocycles. The number of nitrogens with zero attached hydrogens (tertiary/aromatic N) is 1. The van der Waals surface area contributed by atoms with Crippen molar-refractivity contribution in [2.24, 2.45) is 0 Å². The van der Waals surface area contributed by atoms with Crippen LogP contribution in [0.4, 0.5) is 0 Å². The van der Waals surface area contributed by atoms with Gasteiger partial charge in [0.05, 0.1) is 5.69 Å². The van der Waals surface area contributed by atoms with Crippen molar-refractivity contribution in [3.63, 3.8) is 0 Å². The lowest BCUT2D eigenvalue weighted by Gasteiger charge is -2.01. The van der Waals surface area contributed by atoms with Crippen molar-refractivity contribution in [1.29, 1.82) is 0 Å². The van der Waals surface area contributed by atoms with Crippen molar-refractivity contribution >= 4 is 0 Å². The first kappa shape index (κ1) is 14.2. The van der Waals surface area contributed by atoms with Gasteiger partial charge >= 0.3 is 0 Å². The molecule has 3 heteroatoms. The number of nitrogens with one attached hydrogen (secondary N) is 1. The predicted octanol–water partition coefficient (Wildman–Crippen LogP) is 3.61. The number of aromatic nitrogens is 2. The van der Waals surface area contributed by atoms with Crippen LogP contribution < -0.4 is 5.56 Å². The maximum Gasteiger partial charge on any atom is 0.274 e. The second kappa shape index (κ2) is 6.78. The Bertz CT molecular complexity index is 658. The molecule has 0 unspecified atom stereocenters. The largest absolute Gasteiger partial charge is 0.298 e. The van der Waals surface area contributed by atoms with Crippen LogP contribution in [0.25, 0.3) is 5.69 Å². The predicted molar refractivity (Wildman–Crippen MR) is 82.3 cm³/mol. The van der Waals surface area contributed by atoms with Gasteiger partial charge in [0, 0.05) is 18.2 Å². The Balaban J connectivity index is 2.22. The summed E-state index contributed by atoms with van der Waals surface area (Å²) >= 11 is 0. The minimum absolute atomic E-state index is 0.000415. The average molecular weight is 268 g/mol. The molecular formula is C17H20N2O. The van der Waals surface area contributed by atoms with E-state index in [4.69, 9.17) is 0 Å². The first-order valence-corrected chi connectivity index (χ1v) is 6.98. The molecule has 0 saturated heterocycles. The van der Waals surface area contributed by atoms with E-state index in [1.165, 1.54) is 0 Å². The maximum atomic E-state index is 12.4. The standard InChI is InChI=1S/C17H20N2O/c1-3-5-9-14(4-2)12-15-13-18-19(17(15)20)16-10-7-6-8-11-16/h6-8,10-11,13,18H,2-3,5,9,12H2,1H3. The van der Waals surface area contributed by atoms with Gasteiger partial charge in [0.1, 0.15) is 0 Å². The Morgan fingerprint density at radius 2 is 2.10 bits per heavy atom. The van der Waals surface area contributed by atoms with E-state index in [9.17, 15) is 4.79 Å². The summed E-state index contributed by atoms with van der Waals surface area (Å²) in [6.45, 7) is 5.88. The van der Waals surface area contributed by atoms with Crippen LogP contribution in [0.3, 0.4) is 0 Å². The quantitative estimate of drug-likeness (QED) is 0.798. The minimum Gasteiger partial charge on any atom is -0.298 e. The fraction of sp³-hybridized carbons (Fsp3) is 0.294. The van der Waals surface area contributed by atoms with Crippen LogP contribution in [-0.4, -0.2) is 9.78 Å². The summed E-state index contributed by atoms with van der Waals surface area (Å²) in [5.41, 5.74) is 5.68. The minimum atomic E-state index is 0.000415. The molecule has 1 heterocycles. The highest BCUT2D eigenvalue weighted by Crippen LogP contribution is 2.11. The van der Waals surface area contributed by atoms with Gasteiger partial charge in [-0.2, -0.15) is 0 Å². The topological polar surface area (TPSA) is 37.8 Å². The molecule has 0 aliphatic carbocycles. The van der Waals surface area contributed by atoms with E-state index in [0.29, 0.717) is 6.42 Å². The van der Waals surface area contributed by atoms with E-state index in [2.05, 4.69) is 24.3 Å². The highest BCUT2D eigenvalue weighted by Gasteiger charge is 2.09. The summed E-state index contributed by atoms with van der Waals surface area (Å²) in [5.74, 6) is 0. The fourth-order valence-electron chi connectivity index (χ4n) is 2.16. The molecule has 0 saturated carbocycles. The lowest BCUT2D eigenvalue weighted by molar-refractivity contribution is 0.771. The first-order chi connectivity index (χ1) is 9.76. The number of aromatic amines is 1. The molecule has 3 nitrogen and oxygen atoms in total. The van der Waals surface area contributed by atoms with E-state index in [1.54, 1.807) is 10.9 Å². The van der Waals surface area contributed by atoms with E-state index >= 15 is 0 Å². The monoisotopic (exact) mass is 268 g/mol. The smallest absolute Gasteiger partial charge is 0.274 e. The highest BCUT2D eigenvalue weighted by atomic mass is 16.1. The molecule has 0 atom stereocenters. The van der Waals surface area contributed by atoms with Gasteiger partial charge in [-0.3, -0.25) is 9.89 Å². The Labute approximate surface area is 119 Å². The molecule has 0 fully saturated rings. The third-order valence-corrected chi connectivity index (χ3v) is 3.35. The van der Waals surface area contributed by atoms with Crippen molar-refractivity contribution in [3.8, 4) is 5.69 Å². The maximum absolute atomic E-state index is 12.4. The Kier molecular flexibility index (Phi) is 4.80. The molecule has 2 rings (SSSR count). The molecule has 20 heavy (non-hydrogen) atoms. The second-order valence-electron chi connectivity index (χ2n) is 4.84. The summed E-state index contributed by atoms with van der Waals surface area (Å²) in [7, 11) is 0. The molecular weight excluding hydrogens is 248 g/mol. The van der Waals surface area contributed by atoms with Gasteiger partial charge in [0.25, 0.3) is 5.56 Å². The number of para-hydroxylation sites is 1. The Morgan fingerprint density at radius 3 is 2.75 bits per heavy atom. The zero-order chi connectivity index (χ0) is 14.4. The van der Waals surface area contributed by atoms with E-state index in [1.807, 2.05) is 30.3 Å². The molecule has 104 valence electrons.